The molecular weight excluding hydrogens is 172 g/mol. The predicted octanol–water partition coefficient (Wildman–Crippen LogP) is 1.05. The summed E-state index contributed by atoms with van der Waals surface area (Å²) in [4.78, 5) is 21.8. The second kappa shape index (κ2) is 3.14. The van der Waals surface area contributed by atoms with Crippen molar-refractivity contribution in [1.82, 2.24) is 0 Å². The Labute approximate surface area is 75.2 Å². The number of furan rings is 1. The first kappa shape index (κ1) is 9.67. The maximum absolute atomic E-state index is 11.4. The molecule has 1 aromatic heterocycles. The van der Waals surface area contributed by atoms with Crippen molar-refractivity contribution in [3.05, 3.63) is 23.7 Å². The second-order valence-electron chi connectivity index (χ2n) is 3.21. The van der Waals surface area contributed by atoms with Crippen molar-refractivity contribution in [3.63, 3.8) is 0 Å². The summed E-state index contributed by atoms with van der Waals surface area (Å²) in [6, 6.07) is 1.38. The molecule has 0 radical (unpaired) electrons. The Morgan fingerprint density at radius 2 is 2.23 bits per heavy atom. The van der Waals surface area contributed by atoms with Crippen LogP contribution >= 0.6 is 0 Å². The lowest BCUT2D eigenvalue weighted by molar-refractivity contribution is 0.0457. The van der Waals surface area contributed by atoms with Gasteiger partial charge >= 0.3 is 0 Å². The van der Waals surface area contributed by atoms with E-state index < -0.39 is 11.4 Å². The minimum absolute atomic E-state index is 0.0949. The monoisotopic (exact) mass is 182 g/mol. The molecule has 0 aliphatic heterocycles. The van der Waals surface area contributed by atoms with E-state index in [-0.39, 0.29) is 11.3 Å². The van der Waals surface area contributed by atoms with Crippen LogP contribution in [0.2, 0.25) is 0 Å². The lowest BCUT2D eigenvalue weighted by atomic mass is 10.00. The van der Waals surface area contributed by atoms with Crippen LogP contribution in [-0.2, 0) is 0 Å². The van der Waals surface area contributed by atoms with Gasteiger partial charge in [0.25, 0.3) is 0 Å². The molecule has 0 spiro atoms. The van der Waals surface area contributed by atoms with Gasteiger partial charge in [0, 0.05) is 0 Å². The SMILES string of the molecule is CC(C)(O)C(=O)c1occc1C=O. The van der Waals surface area contributed by atoms with Crippen molar-refractivity contribution in [2.45, 2.75) is 19.4 Å². The molecule has 0 fully saturated rings. The molecule has 0 bridgehead atoms. The third-order valence-electron chi connectivity index (χ3n) is 1.58. The number of carbonyl (C=O) groups is 2. The smallest absolute Gasteiger partial charge is 0.229 e. The fourth-order valence-corrected chi connectivity index (χ4v) is 0.874. The Bertz CT molecular complexity index is 330. The zero-order chi connectivity index (χ0) is 10.1. The summed E-state index contributed by atoms with van der Waals surface area (Å²) in [5.74, 6) is -0.692. The van der Waals surface area contributed by atoms with Crippen molar-refractivity contribution >= 4 is 12.1 Å². The molecule has 70 valence electrons. The van der Waals surface area contributed by atoms with E-state index in [1.807, 2.05) is 0 Å². The quantitative estimate of drug-likeness (QED) is 0.560. The standard InChI is InChI=1S/C9H10O4/c1-9(2,12)8(11)7-6(5-10)3-4-13-7/h3-5,12H,1-2H3. The summed E-state index contributed by atoms with van der Waals surface area (Å²) >= 11 is 0. The van der Waals surface area contributed by atoms with Crippen LogP contribution in [0.4, 0.5) is 0 Å². The summed E-state index contributed by atoms with van der Waals surface area (Å²) < 4.78 is 4.80. The van der Waals surface area contributed by atoms with Gasteiger partial charge in [0.1, 0.15) is 5.60 Å². The molecular formula is C9H10O4. The Balaban J connectivity index is 3.09. The van der Waals surface area contributed by atoms with Crippen LogP contribution < -0.4 is 0 Å². The molecule has 0 amide bonds. The fourth-order valence-electron chi connectivity index (χ4n) is 0.874. The second-order valence-corrected chi connectivity index (χ2v) is 3.21. The van der Waals surface area contributed by atoms with Crippen LogP contribution in [0.1, 0.15) is 34.8 Å². The lowest BCUT2D eigenvalue weighted by Gasteiger charge is -2.13. The van der Waals surface area contributed by atoms with E-state index in [0.29, 0.717) is 6.29 Å². The van der Waals surface area contributed by atoms with E-state index in [1.54, 1.807) is 0 Å². The van der Waals surface area contributed by atoms with Crippen molar-refractivity contribution in [1.29, 1.82) is 0 Å². The highest BCUT2D eigenvalue weighted by molar-refractivity contribution is 6.04. The van der Waals surface area contributed by atoms with Gasteiger partial charge in [-0.3, -0.25) is 9.59 Å². The minimum atomic E-state index is -1.52. The highest BCUT2D eigenvalue weighted by Gasteiger charge is 2.29. The zero-order valence-corrected chi connectivity index (χ0v) is 7.40. The van der Waals surface area contributed by atoms with Crippen molar-refractivity contribution in [2.75, 3.05) is 0 Å². The Hall–Kier alpha value is -1.42. The number of aliphatic hydroxyl groups is 1. The number of carbonyl (C=O) groups excluding carboxylic acids is 2. The third-order valence-corrected chi connectivity index (χ3v) is 1.58. The molecule has 4 heteroatoms. The molecule has 0 aromatic carbocycles. The van der Waals surface area contributed by atoms with E-state index in [2.05, 4.69) is 0 Å². The third kappa shape index (κ3) is 1.84. The summed E-state index contributed by atoms with van der Waals surface area (Å²) in [7, 11) is 0. The summed E-state index contributed by atoms with van der Waals surface area (Å²) in [5, 5.41) is 9.35. The predicted molar refractivity (Wildman–Crippen MR) is 44.7 cm³/mol. The van der Waals surface area contributed by atoms with Gasteiger partial charge in [0.2, 0.25) is 5.78 Å². The van der Waals surface area contributed by atoms with Crippen LogP contribution in [-0.4, -0.2) is 22.8 Å². The largest absolute Gasteiger partial charge is 0.460 e. The maximum Gasteiger partial charge on any atom is 0.229 e. The molecule has 0 unspecified atom stereocenters. The van der Waals surface area contributed by atoms with Crippen LogP contribution in [0, 0.1) is 0 Å². The van der Waals surface area contributed by atoms with Gasteiger partial charge in [-0.05, 0) is 19.9 Å². The van der Waals surface area contributed by atoms with Gasteiger partial charge in [-0.2, -0.15) is 0 Å². The average Bonchev–Trinajstić information content (AvgIpc) is 2.48. The highest BCUT2D eigenvalue weighted by Crippen LogP contribution is 2.16. The lowest BCUT2D eigenvalue weighted by Crippen LogP contribution is -2.31. The zero-order valence-electron chi connectivity index (χ0n) is 7.40. The van der Waals surface area contributed by atoms with Crippen molar-refractivity contribution in [2.24, 2.45) is 0 Å². The van der Waals surface area contributed by atoms with Crippen molar-refractivity contribution < 1.29 is 19.1 Å². The number of aldehydes is 1. The number of rotatable bonds is 3. The maximum atomic E-state index is 11.4. The molecule has 4 nitrogen and oxygen atoms in total. The van der Waals surface area contributed by atoms with Crippen molar-refractivity contribution in [3.8, 4) is 0 Å². The van der Waals surface area contributed by atoms with Gasteiger partial charge in [-0.15, -0.1) is 0 Å². The van der Waals surface area contributed by atoms with Gasteiger partial charge < -0.3 is 9.52 Å². The molecule has 13 heavy (non-hydrogen) atoms. The molecule has 0 aliphatic rings. The number of Topliss-reactive ketones (excluding diaryl/α,β-unsaturated/α-hetero) is 1. The molecule has 0 saturated heterocycles. The normalized spacial score (nSPS) is 11.3. The van der Waals surface area contributed by atoms with Gasteiger partial charge in [0.05, 0.1) is 11.8 Å². The van der Waals surface area contributed by atoms with E-state index in [4.69, 9.17) is 4.42 Å². The first-order valence-corrected chi connectivity index (χ1v) is 3.76. The van der Waals surface area contributed by atoms with Gasteiger partial charge in [-0.25, -0.2) is 0 Å². The van der Waals surface area contributed by atoms with E-state index in [1.165, 1.54) is 26.2 Å². The number of hydrogen-bond donors (Lipinski definition) is 1. The van der Waals surface area contributed by atoms with E-state index in [0.717, 1.165) is 0 Å². The van der Waals surface area contributed by atoms with Crippen LogP contribution in [0.3, 0.4) is 0 Å². The first-order chi connectivity index (χ1) is 5.96. The van der Waals surface area contributed by atoms with E-state index in [9.17, 15) is 14.7 Å². The first-order valence-electron chi connectivity index (χ1n) is 3.76. The topological polar surface area (TPSA) is 67.5 Å². The van der Waals surface area contributed by atoms with Gasteiger partial charge in [-0.1, -0.05) is 0 Å². The average molecular weight is 182 g/mol. The Morgan fingerprint density at radius 3 is 2.69 bits per heavy atom. The minimum Gasteiger partial charge on any atom is -0.460 e. The summed E-state index contributed by atoms with van der Waals surface area (Å²) in [6.07, 6.45) is 1.76. The fraction of sp³-hybridized carbons (Fsp3) is 0.333. The molecule has 1 rings (SSSR count). The molecule has 0 atom stereocenters. The Morgan fingerprint density at radius 1 is 1.62 bits per heavy atom. The van der Waals surface area contributed by atoms with Gasteiger partial charge in [0.15, 0.2) is 12.0 Å². The molecule has 1 heterocycles. The summed E-state index contributed by atoms with van der Waals surface area (Å²) in [5.41, 5.74) is -1.36. The van der Waals surface area contributed by atoms with Crippen LogP contribution in [0.5, 0.6) is 0 Å². The molecule has 0 saturated carbocycles. The summed E-state index contributed by atoms with van der Waals surface area (Å²) in [6.45, 7) is 2.68. The molecule has 1 N–H and O–H groups in total. The van der Waals surface area contributed by atoms with Crippen LogP contribution in [0.25, 0.3) is 0 Å². The highest BCUT2D eigenvalue weighted by atomic mass is 16.3. The van der Waals surface area contributed by atoms with E-state index >= 15 is 0 Å². The Kier molecular flexibility index (Phi) is 2.34. The number of hydrogen-bond acceptors (Lipinski definition) is 4. The number of ketones is 1. The molecule has 0 aliphatic carbocycles. The molecule has 1 aromatic rings. The van der Waals surface area contributed by atoms with Crippen LogP contribution in [0.15, 0.2) is 16.7 Å².